The van der Waals surface area contributed by atoms with Gasteiger partial charge in [0, 0.05) is 31.2 Å². The lowest BCUT2D eigenvalue weighted by atomic mass is 9.96. The van der Waals surface area contributed by atoms with Crippen LogP contribution in [0.4, 0.5) is 10.5 Å². The van der Waals surface area contributed by atoms with Gasteiger partial charge in [0.1, 0.15) is 6.29 Å². The molecule has 1 aromatic carbocycles. The van der Waals surface area contributed by atoms with Crippen molar-refractivity contribution in [2.24, 2.45) is 0 Å². The van der Waals surface area contributed by atoms with Crippen LogP contribution in [0.3, 0.4) is 0 Å². The zero-order valence-electron chi connectivity index (χ0n) is 12.4. The first-order valence-electron chi connectivity index (χ1n) is 7.17. The van der Waals surface area contributed by atoms with Crippen molar-refractivity contribution in [2.45, 2.75) is 39.2 Å². The average Bonchev–Trinajstić information content (AvgIpc) is 2.81. The van der Waals surface area contributed by atoms with Crippen LogP contribution in [0, 0.1) is 0 Å². The minimum atomic E-state index is 0.0609. The molecule has 1 atom stereocenters. The molecule has 4 nitrogen and oxygen atoms in total. The van der Waals surface area contributed by atoms with Crippen LogP contribution < -0.4 is 4.90 Å². The van der Waals surface area contributed by atoms with Crippen molar-refractivity contribution in [3.8, 4) is 0 Å². The van der Waals surface area contributed by atoms with Crippen molar-refractivity contribution in [3.05, 3.63) is 29.8 Å². The van der Waals surface area contributed by atoms with Gasteiger partial charge >= 0.3 is 6.03 Å². The quantitative estimate of drug-likeness (QED) is 0.774. The number of nitrogens with zero attached hydrogens (tertiary/aromatic N) is 2. The molecule has 108 valence electrons. The number of carbonyl (C=O) groups excluding carboxylic acids is 2. The zero-order chi connectivity index (χ0) is 14.7. The molecule has 0 saturated carbocycles. The Kier molecular flexibility index (Phi) is 4.42. The average molecular weight is 274 g/mol. The summed E-state index contributed by atoms with van der Waals surface area (Å²) in [7, 11) is 0. The summed E-state index contributed by atoms with van der Waals surface area (Å²) in [4.78, 5) is 26.9. The molecule has 1 saturated heterocycles. The number of amides is 2. The minimum Gasteiger partial charge on any atom is -0.320 e. The Morgan fingerprint density at radius 3 is 2.50 bits per heavy atom. The Morgan fingerprint density at radius 2 is 1.90 bits per heavy atom. The Balaban J connectivity index is 2.30. The number of carbonyl (C=O) groups is 2. The lowest BCUT2D eigenvalue weighted by Crippen LogP contribution is -2.36. The van der Waals surface area contributed by atoms with Crippen molar-refractivity contribution in [1.29, 1.82) is 0 Å². The lowest BCUT2D eigenvalue weighted by Gasteiger charge is -2.24. The van der Waals surface area contributed by atoms with Crippen molar-refractivity contribution >= 4 is 18.0 Å². The molecule has 0 radical (unpaired) electrons. The van der Waals surface area contributed by atoms with E-state index in [0.29, 0.717) is 13.0 Å². The third-order valence-electron chi connectivity index (χ3n) is 3.87. The fourth-order valence-corrected chi connectivity index (χ4v) is 2.68. The Bertz CT molecular complexity index is 499. The molecule has 2 rings (SSSR count). The van der Waals surface area contributed by atoms with Gasteiger partial charge in [-0.05, 0) is 31.4 Å². The highest BCUT2D eigenvalue weighted by atomic mass is 16.2. The fraction of sp³-hybridized carbons (Fsp3) is 0.500. The molecule has 1 aliphatic rings. The summed E-state index contributed by atoms with van der Waals surface area (Å²) in [6, 6.07) is 8.16. The minimum absolute atomic E-state index is 0.0609. The standard InChI is InChI=1S/C16H22N2O2/c1-12(2)17-9-10-18(16(17)20)15-7-5-4-6-14(15)13(3)8-11-19/h4-7,11-13H,8-10H2,1-3H3. The number of para-hydroxylation sites is 1. The van der Waals surface area contributed by atoms with Gasteiger partial charge in [-0.15, -0.1) is 0 Å². The van der Waals surface area contributed by atoms with Crippen molar-refractivity contribution in [1.82, 2.24) is 4.90 Å². The molecule has 20 heavy (non-hydrogen) atoms. The van der Waals surface area contributed by atoms with Crippen LogP contribution in [0.5, 0.6) is 0 Å². The smallest absolute Gasteiger partial charge is 0.320 e. The second-order valence-corrected chi connectivity index (χ2v) is 5.58. The number of anilines is 1. The van der Waals surface area contributed by atoms with E-state index in [4.69, 9.17) is 0 Å². The van der Waals surface area contributed by atoms with Crippen LogP contribution in [0.25, 0.3) is 0 Å². The maximum atomic E-state index is 12.5. The van der Waals surface area contributed by atoms with E-state index < -0.39 is 0 Å². The molecule has 2 amide bonds. The predicted octanol–water partition coefficient (Wildman–Crippen LogP) is 3.03. The van der Waals surface area contributed by atoms with Crippen LogP contribution in [0.15, 0.2) is 24.3 Å². The molecule has 4 heteroatoms. The first-order valence-corrected chi connectivity index (χ1v) is 7.17. The third kappa shape index (κ3) is 2.69. The molecular weight excluding hydrogens is 252 g/mol. The lowest BCUT2D eigenvalue weighted by molar-refractivity contribution is -0.108. The highest BCUT2D eigenvalue weighted by molar-refractivity contribution is 5.95. The number of aldehydes is 1. The number of hydrogen-bond acceptors (Lipinski definition) is 2. The topological polar surface area (TPSA) is 40.6 Å². The summed E-state index contributed by atoms with van der Waals surface area (Å²) in [5, 5.41) is 0. The fourth-order valence-electron chi connectivity index (χ4n) is 2.68. The number of urea groups is 1. The molecule has 0 aromatic heterocycles. The summed E-state index contributed by atoms with van der Waals surface area (Å²) in [5.74, 6) is 0.129. The van der Waals surface area contributed by atoms with Crippen LogP contribution in [0.2, 0.25) is 0 Å². The van der Waals surface area contributed by atoms with Gasteiger partial charge in [-0.25, -0.2) is 4.79 Å². The van der Waals surface area contributed by atoms with E-state index in [1.165, 1.54) is 0 Å². The summed E-state index contributed by atoms with van der Waals surface area (Å²) < 4.78 is 0. The van der Waals surface area contributed by atoms with Crippen LogP contribution in [-0.2, 0) is 4.79 Å². The molecule has 0 aliphatic carbocycles. The van der Waals surface area contributed by atoms with Gasteiger partial charge in [0.2, 0.25) is 0 Å². The Morgan fingerprint density at radius 1 is 1.20 bits per heavy atom. The highest BCUT2D eigenvalue weighted by Gasteiger charge is 2.32. The van der Waals surface area contributed by atoms with Gasteiger partial charge in [0.15, 0.2) is 0 Å². The van der Waals surface area contributed by atoms with E-state index in [-0.39, 0.29) is 18.0 Å². The highest BCUT2D eigenvalue weighted by Crippen LogP contribution is 2.31. The van der Waals surface area contributed by atoms with Crippen LogP contribution >= 0.6 is 0 Å². The van der Waals surface area contributed by atoms with E-state index in [1.807, 2.05) is 54.8 Å². The third-order valence-corrected chi connectivity index (χ3v) is 3.87. The maximum Gasteiger partial charge on any atom is 0.324 e. The molecule has 1 fully saturated rings. The summed E-state index contributed by atoms with van der Waals surface area (Å²) in [5.41, 5.74) is 2.01. The molecular formula is C16H22N2O2. The van der Waals surface area contributed by atoms with Gasteiger partial charge in [0.25, 0.3) is 0 Å². The number of benzene rings is 1. The molecule has 1 aromatic rings. The Hall–Kier alpha value is -1.84. The molecule has 1 aliphatic heterocycles. The second kappa shape index (κ2) is 6.07. The summed E-state index contributed by atoms with van der Waals surface area (Å²) in [6.07, 6.45) is 1.42. The van der Waals surface area contributed by atoms with E-state index >= 15 is 0 Å². The van der Waals surface area contributed by atoms with E-state index in [9.17, 15) is 9.59 Å². The monoisotopic (exact) mass is 274 g/mol. The molecule has 0 spiro atoms. The summed E-state index contributed by atoms with van der Waals surface area (Å²) in [6.45, 7) is 7.55. The van der Waals surface area contributed by atoms with E-state index in [2.05, 4.69) is 0 Å². The van der Waals surface area contributed by atoms with Gasteiger partial charge in [0.05, 0.1) is 0 Å². The molecule has 1 unspecified atom stereocenters. The molecule has 0 bridgehead atoms. The summed E-state index contributed by atoms with van der Waals surface area (Å²) >= 11 is 0. The normalized spacial score (nSPS) is 16.9. The van der Waals surface area contributed by atoms with Gasteiger partial charge in [-0.2, -0.15) is 0 Å². The SMILES string of the molecule is CC(CC=O)c1ccccc1N1CCN(C(C)C)C1=O. The maximum absolute atomic E-state index is 12.5. The largest absolute Gasteiger partial charge is 0.324 e. The predicted molar refractivity (Wildman–Crippen MR) is 80.1 cm³/mol. The van der Waals surface area contributed by atoms with Gasteiger partial charge < -0.3 is 9.69 Å². The zero-order valence-corrected chi connectivity index (χ0v) is 12.4. The number of hydrogen-bond donors (Lipinski definition) is 0. The van der Waals surface area contributed by atoms with Crippen molar-refractivity contribution in [3.63, 3.8) is 0 Å². The van der Waals surface area contributed by atoms with Gasteiger partial charge in [-0.1, -0.05) is 25.1 Å². The van der Waals surface area contributed by atoms with Gasteiger partial charge in [-0.3, -0.25) is 4.90 Å². The first-order chi connectivity index (χ1) is 9.56. The van der Waals surface area contributed by atoms with Crippen molar-refractivity contribution < 1.29 is 9.59 Å². The first kappa shape index (κ1) is 14.6. The van der Waals surface area contributed by atoms with E-state index in [1.54, 1.807) is 0 Å². The van der Waals surface area contributed by atoms with E-state index in [0.717, 1.165) is 24.1 Å². The van der Waals surface area contributed by atoms with Crippen LogP contribution in [-0.4, -0.2) is 36.3 Å². The van der Waals surface area contributed by atoms with Crippen LogP contribution in [0.1, 0.15) is 38.7 Å². The second-order valence-electron chi connectivity index (χ2n) is 5.58. The number of rotatable bonds is 5. The molecule has 0 N–H and O–H groups in total. The van der Waals surface area contributed by atoms with Crippen molar-refractivity contribution in [2.75, 3.05) is 18.0 Å². The molecule has 1 heterocycles. The Labute approximate surface area is 120 Å².